The Kier molecular flexibility index (Phi) is 4.09. The van der Waals surface area contributed by atoms with Gasteiger partial charge in [0.05, 0.1) is 5.69 Å². The topological polar surface area (TPSA) is 29.9 Å². The van der Waals surface area contributed by atoms with Gasteiger partial charge in [0.1, 0.15) is 0 Å². The standard InChI is InChI=1S/C11H19N3S/c1-14-6-3-11(13-14)2-5-12-8-10-4-7-15-9-10/h3,6,10,12H,2,4-5,7-9H2,1H3. The van der Waals surface area contributed by atoms with Crippen LogP contribution in [0.25, 0.3) is 0 Å². The Morgan fingerprint density at radius 2 is 2.60 bits per heavy atom. The second kappa shape index (κ2) is 5.56. The lowest BCUT2D eigenvalue weighted by Crippen LogP contribution is -2.24. The summed E-state index contributed by atoms with van der Waals surface area (Å²) in [4.78, 5) is 0. The van der Waals surface area contributed by atoms with Gasteiger partial charge in [-0.1, -0.05) is 0 Å². The molecule has 1 saturated heterocycles. The number of nitrogens with one attached hydrogen (secondary N) is 1. The first kappa shape index (κ1) is 11.0. The molecule has 3 nitrogen and oxygen atoms in total. The summed E-state index contributed by atoms with van der Waals surface area (Å²) < 4.78 is 1.86. The molecule has 1 unspecified atom stereocenters. The minimum Gasteiger partial charge on any atom is -0.316 e. The van der Waals surface area contributed by atoms with Crippen LogP contribution in [0.1, 0.15) is 12.1 Å². The molecule has 1 atom stereocenters. The minimum atomic E-state index is 0.902. The normalized spacial score (nSPS) is 21.0. The molecule has 1 aliphatic heterocycles. The van der Waals surface area contributed by atoms with E-state index in [-0.39, 0.29) is 0 Å². The third-order valence-corrected chi connectivity index (χ3v) is 4.02. The number of thioether (sulfide) groups is 1. The monoisotopic (exact) mass is 225 g/mol. The zero-order valence-electron chi connectivity index (χ0n) is 9.28. The maximum atomic E-state index is 4.35. The molecular weight excluding hydrogens is 206 g/mol. The molecule has 0 radical (unpaired) electrons. The lowest BCUT2D eigenvalue weighted by Gasteiger charge is -2.08. The van der Waals surface area contributed by atoms with Crippen molar-refractivity contribution < 1.29 is 0 Å². The van der Waals surface area contributed by atoms with Gasteiger partial charge in [-0.3, -0.25) is 4.68 Å². The summed E-state index contributed by atoms with van der Waals surface area (Å²) in [5, 5.41) is 7.88. The average molecular weight is 225 g/mol. The fourth-order valence-electron chi connectivity index (χ4n) is 1.86. The van der Waals surface area contributed by atoms with Gasteiger partial charge in [-0.2, -0.15) is 16.9 Å². The van der Waals surface area contributed by atoms with Gasteiger partial charge in [-0.25, -0.2) is 0 Å². The first-order valence-electron chi connectivity index (χ1n) is 5.61. The lowest BCUT2D eigenvalue weighted by molar-refractivity contribution is 0.523. The van der Waals surface area contributed by atoms with Gasteiger partial charge in [0.25, 0.3) is 0 Å². The Labute approximate surface area is 95.6 Å². The number of nitrogens with zero attached hydrogens (tertiary/aromatic N) is 2. The summed E-state index contributed by atoms with van der Waals surface area (Å²) in [6.45, 7) is 2.23. The highest BCUT2D eigenvalue weighted by Crippen LogP contribution is 2.22. The molecule has 1 aromatic heterocycles. The predicted molar refractivity (Wildman–Crippen MR) is 65.2 cm³/mol. The van der Waals surface area contributed by atoms with Crippen LogP contribution in [-0.4, -0.2) is 34.4 Å². The van der Waals surface area contributed by atoms with Gasteiger partial charge in [0.2, 0.25) is 0 Å². The van der Waals surface area contributed by atoms with Crippen LogP contribution in [0.2, 0.25) is 0 Å². The molecule has 0 bridgehead atoms. The van der Waals surface area contributed by atoms with Crippen LogP contribution in [0.3, 0.4) is 0 Å². The second-order valence-electron chi connectivity index (χ2n) is 4.16. The summed E-state index contributed by atoms with van der Waals surface area (Å²) in [6.07, 6.45) is 4.44. The smallest absolute Gasteiger partial charge is 0.0637 e. The van der Waals surface area contributed by atoms with E-state index in [2.05, 4.69) is 28.2 Å². The van der Waals surface area contributed by atoms with Crippen molar-refractivity contribution in [2.45, 2.75) is 12.8 Å². The average Bonchev–Trinajstić information content (AvgIpc) is 2.84. The van der Waals surface area contributed by atoms with Crippen molar-refractivity contribution >= 4 is 11.8 Å². The Bertz CT molecular complexity index is 292. The van der Waals surface area contributed by atoms with Crippen molar-refractivity contribution in [1.29, 1.82) is 0 Å². The van der Waals surface area contributed by atoms with E-state index in [1.54, 1.807) is 0 Å². The molecule has 2 rings (SSSR count). The van der Waals surface area contributed by atoms with Crippen LogP contribution in [0, 0.1) is 5.92 Å². The molecule has 4 heteroatoms. The fraction of sp³-hybridized carbons (Fsp3) is 0.727. The van der Waals surface area contributed by atoms with Gasteiger partial charge in [-0.05, 0) is 36.5 Å². The number of rotatable bonds is 5. The van der Waals surface area contributed by atoms with Crippen LogP contribution in [-0.2, 0) is 13.5 Å². The number of hydrogen-bond donors (Lipinski definition) is 1. The van der Waals surface area contributed by atoms with Gasteiger partial charge in [0.15, 0.2) is 0 Å². The Balaban J connectivity index is 1.58. The highest BCUT2D eigenvalue weighted by Gasteiger charge is 2.14. The molecule has 2 heterocycles. The molecular formula is C11H19N3S. The summed E-state index contributed by atoms with van der Waals surface area (Å²) in [5.41, 5.74) is 1.19. The number of aryl methyl sites for hydroxylation is 1. The Morgan fingerprint density at radius 1 is 1.67 bits per heavy atom. The minimum absolute atomic E-state index is 0.902. The lowest BCUT2D eigenvalue weighted by atomic mass is 10.1. The highest BCUT2D eigenvalue weighted by molar-refractivity contribution is 7.99. The van der Waals surface area contributed by atoms with Crippen molar-refractivity contribution in [1.82, 2.24) is 15.1 Å². The molecule has 84 valence electrons. The van der Waals surface area contributed by atoms with Crippen molar-refractivity contribution in [3.05, 3.63) is 18.0 Å². The van der Waals surface area contributed by atoms with Gasteiger partial charge in [0, 0.05) is 26.2 Å². The molecule has 1 aliphatic rings. The van der Waals surface area contributed by atoms with Gasteiger partial charge < -0.3 is 5.32 Å². The molecule has 1 N–H and O–H groups in total. The van der Waals surface area contributed by atoms with Gasteiger partial charge >= 0.3 is 0 Å². The molecule has 0 aliphatic carbocycles. The largest absolute Gasteiger partial charge is 0.316 e. The van der Waals surface area contributed by atoms with E-state index in [1.165, 1.54) is 30.2 Å². The summed E-state index contributed by atoms with van der Waals surface area (Å²) >= 11 is 2.08. The van der Waals surface area contributed by atoms with Crippen LogP contribution >= 0.6 is 11.8 Å². The predicted octanol–water partition coefficient (Wildman–Crippen LogP) is 1.31. The fourth-order valence-corrected chi connectivity index (χ4v) is 3.15. The quantitative estimate of drug-likeness (QED) is 0.766. The van der Waals surface area contributed by atoms with Gasteiger partial charge in [-0.15, -0.1) is 0 Å². The second-order valence-corrected chi connectivity index (χ2v) is 5.31. The molecule has 1 fully saturated rings. The van der Waals surface area contributed by atoms with E-state index < -0.39 is 0 Å². The summed E-state index contributed by atoms with van der Waals surface area (Å²) in [5.74, 6) is 3.60. The highest BCUT2D eigenvalue weighted by atomic mass is 32.2. The third kappa shape index (κ3) is 3.54. The van der Waals surface area contributed by atoms with E-state index in [4.69, 9.17) is 0 Å². The van der Waals surface area contributed by atoms with Crippen LogP contribution < -0.4 is 5.32 Å². The van der Waals surface area contributed by atoms with Crippen LogP contribution in [0.5, 0.6) is 0 Å². The van der Waals surface area contributed by atoms with Crippen molar-refractivity contribution in [3.63, 3.8) is 0 Å². The SMILES string of the molecule is Cn1ccc(CCNCC2CCSC2)n1. The van der Waals surface area contributed by atoms with Crippen molar-refractivity contribution in [2.75, 3.05) is 24.6 Å². The molecule has 0 amide bonds. The number of hydrogen-bond acceptors (Lipinski definition) is 3. The van der Waals surface area contributed by atoms with Crippen molar-refractivity contribution in [2.24, 2.45) is 13.0 Å². The van der Waals surface area contributed by atoms with E-state index in [9.17, 15) is 0 Å². The van der Waals surface area contributed by atoms with E-state index >= 15 is 0 Å². The molecule has 15 heavy (non-hydrogen) atoms. The first-order valence-corrected chi connectivity index (χ1v) is 6.77. The Hall–Kier alpha value is -0.480. The van der Waals surface area contributed by atoms with E-state index in [1.807, 2.05) is 17.9 Å². The molecule has 0 saturated carbocycles. The van der Waals surface area contributed by atoms with Crippen molar-refractivity contribution in [3.8, 4) is 0 Å². The maximum absolute atomic E-state index is 4.35. The first-order chi connectivity index (χ1) is 7.34. The molecule has 0 spiro atoms. The zero-order valence-corrected chi connectivity index (χ0v) is 10.1. The molecule has 1 aromatic rings. The Morgan fingerprint density at radius 3 is 3.27 bits per heavy atom. The zero-order chi connectivity index (χ0) is 10.5. The summed E-state index contributed by atoms with van der Waals surface area (Å²) in [6, 6.07) is 2.09. The van der Waals surface area contributed by atoms with E-state index in [0.29, 0.717) is 0 Å². The van der Waals surface area contributed by atoms with E-state index in [0.717, 1.165) is 18.9 Å². The summed E-state index contributed by atoms with van der Waals surface area (Å²) in [7, 11) is 1.96. The van der Waals surface area contributed by atoms with Crippen LogP contribution in [0.4, 0.5) is 0 Å². The number of aromatic nitrogens is 2. The third-order valence-electron chi connectivity index (χ3n) is 2.78. The maximum Gasteiger partial charge on any atom is 0.0637 e. The van der Waals surface area contributed by atoms with Crippen LogP contribution in [0.15, 0.2) is 12.3 Å². The molecule has 0 aromatic carbocycles.